The number of amides is 2. The molecule has 0 spiro atoms. The van der Waals surface area contributed by atoms with Crippen molar-refractivity contribution in [2.45, 2.75) is 17.9 Å². The van der Waals surface area contributed by atoms with Crippen molar-refractivity contribution in [1.29, 1.82) is 0 Å². The number of carbonyl (C=O) groups is 2. The average molecular weight is 524 g/mol. The van der Waals surface area contributed by atoms with Gasteiger partial charge in [0.15, 0.2) is 0 Å². The number of ether oxygens (including phenoxy) is 2. The zero-order valence-electron chi connectivity index (χ0n) is 20.6. The van der Waals surface area contributed by atoms with Gasteiger partial charge in [0.2, 0.25) is 0 Å². The van der Waals surface area contributed by atoms with E-state index >= 15 is 0 Å². The molecule has 37 heavy (non-hydrogen) atoms. The first kappa shape index (κ1) is 26.2. The molecule has 0 unspecified atom stereocenters. The molecule has 0 saturated carbocycles. The Morgan fingerprint density at radius 1 is 0.946 bits per heavy atom. The maximum Gasteiger partial charge on any atom is 0.261 e. The van der Waals surface area contributed by atoms with Crippen LogP contribution in [0.2, 0.25) is 0 Å². The van der Waals surface area contributed by atoms with Gasteiger partial charge in [0.05, 0.1) is 48.1 Å². The molecule has 0 aromatic heterocycles. The Morgan fingerprint density at radius 3 is 2.32 bits per heavy atom. The van der Waals surface area contributed by atoms with Crippen LogP contribution in [0.3, 0.4) is 0 Å². The molecule has 1 saturated heterocycles. The van der Waals surface area contributed by atoms with Crippen molar-refractivity contribution in [3.8, 4) is 5.75 Å². The molecule has 9 nitrogen and oxygen atoms in total. The number of carbonyl (C=O) groups excluding carboxylic acids is 2. The molecule has 0 radical (unpaired) electrons. The number of methoxy groups -OCH3 is 1. The molecule has 1 heterocycles. The van der Waals surface area contributed by atoms with Gasteiger partial charge in [-0.15, -0.1) is 0 Å². The molecule has 0 aliphatic carbocycles. The Bertz CT molecular complexity index is 1370. The second-order valence-electron chi connectivity index (χ2n) is 8.52. The van der Waals surface area contributed by atoms with Crippen LogP contribution in [0.15, 0.2) is 77.7 Å². The molecule has 2 amide bonds. The second kappa shape index (κ2) is 11.4. The van der Waals surface area contributed by atoms with E-state index in [9.17, 15) is 18.0 Å². The third kappa shape index (κ3) is 6.10. The Hall–Kier alpha value is -3.89. The summed E-state index contributed by atoms with van der Waals surface area (Å²) in [7, 11) is -2.72. The predicted octanol–water partition coefficient (Wildman–Crippen LogP) is 3.46. The van der Waals surface area contributed by atoms with Gasteiger partial charge in [-0.05, 0) is 42.8 Å². The number of morpholine rings is 1. The van der Waals surface area contributed by atoms with Gasteiger partial charge >= 0.3 is 0 Å². The highest BCUT2D eigenvalue weighted by atomic mass is 32.2. The summed E-state index contributed by atoms with van der Waals surface area (Å²) in [4.78, 5) is 27.6. The van der Waals surface area contributed by atoms with Gasteiger partial charge in [0.25, 0.3) is 21.8 Å². The Labute approximate surface area is 216 Å². The highest BCUT2D eigenvalue weighted by Crippen LogP contribution is 2.27. The first-order valence-corrected chi connectivity index (χ1v) is 13.3. The molecular formula is C27H29N3O6S. The quantitative estimate of drug-likeness (QED) is 0.468. The van der Waals surface area contributed by atoms with Crippen LogP contribution < -0.4 is 14.8 Å². The van der Waals surface area contributed by atoms with Gasteiger partial charge in [-0.2, -0.15) is 0 Å². The van der Waals surface area contributed by atoms with E-state index in [0.717, 1.165) is 5.56 Å². The maximum absolute atomic E-state index is 13.3. The minimum Gasteiger partial charge on any atom is -0.496 e. The zero-order chi connectivity index (χ0) is 26.4. The van der Waals surface area contributed by atoms with Crippen molar-refractivity contribution < 1.29 is 27.5 Å². The number of hydrogen-bond donors (Lipinski definition) is 2. The van der Waals surface area contributed by atoms with Gasteiger partial charge in [-0.25, -0.2) is 8.42 Å². The lowest BCUT2D eigenvalue weighted by Crippen LogP contribution is -2.40. The van der Waals surface area contributed by atoms with Crippen molar-refractivity contribution >= 4 is 27.5 Å². The number of benzene rings is 3. The van der Waals surface area contributed by atoms with E-state index in [1.807, 2.05) is 37.3 Å². The van der Waals surface area contributed by atoms with Crippen molar-refractivity contribution in [1.82, 2.24) is 10.2 Å². The summed E-state index contributed by atoms with van der Waals surface area (Å²) in [6.45, 7) is 3.48. The van der Waals surface area contributed by atoms with Crippen LogP contribution in [0.5, 0.6) is 5.75 Å². The average Bonchev–Trinajstić information content (AvgIpc) is 2.93. The summed E-state index contributed by atoms with van der Waals surface area (Å²) in [6, 6.07) is 19.6. The first-order valence-electron chi connectivity index (χ1n) is 11.8. The van der Waals surface area contributed by atoms with E-state index in [-0.39, 0.29) is 39.4 Å². The normalized spacial score (nSPS) is 14.5. The second-order valence-corrected chi connectivity index (χ2v) is 10.2. The maximum atomic E-state index is 13.3. The van der Waals surface area contributed by atoms with Crippen LogP contribution in [0.4, 0.5) is 5.69 Å². The fourth-order valence-electron chi connectivity index (χ4n) is 4.03. The lowest BCUT2D eigenvalue weighted by molar-refractivity contribution is 0.0300. The van der Waals surface area contributed by atoms with Crippen molar-refractivity contribution in [3.05, 3.63) is 89.5 Å². The largest absolute Gasteiger partial charge is 0.496 e. The van der Waals surface area contributed by atoms with Crippen molar-refractivity contribution in [3.63, 3.8) is 0 Å². The van der Waals surface area contributed by atoms with Crippen LogP contribution >= 0.6 is 0 Å². The summed E-state index contributed by atoms with van der Waals surface area (Å²) in [5.41, 5.74) is 1.35. The highest BCUT2D eigenvalue weighted by molar-refractivity contribution is 7.92. The van der Waals surface area contributed by atoms with Gasteiger partial charge in [-0.1, -0.05) is 42.5 Å². The standard InChI is InChI=1S/C27H29N3O6S/c1-19(20-8-4-3-5-9-20)28-26(31)22-10-6-7-11-24(22)29-37(33,34)21-12-13-25(35-2)23(18-21)27(32)30-14-16-36-17-15-30/h3-13,18-19,29H,14-17H2,1-2H3,(H,28,31)/t19-/m1/s1. The number of nitrogens with zero attached hydrogens (tertiary/aromatic N) is 1. The molecule has 0 bridgehead atoms. The fourth-order valence-corrected chi connectivity index (χ4v) is 5.14. The lowest BCUT2D eigenvalue weighted by atomic mass is 10.1. The van der Waals surface area contributed by atoms with Gasteiger partial charge < -0.3 is 19.7 Å². The van der Waals surface area contributed by atoms with E-state index in [2.05, 4.69) is 10.0 Å². The summed E-state index contributed by atoms with van der Waals surface area (Å²) in [6.07, 6.45) is 0. The Kier molecular flexibility index (Phi) is 8.10. The minimum atomic E-state index is -4.14. The van der Waals surface area contributed by atoms with Crippen LogP contribution in [0.1, 0.15) is 39.2 Å². The summed E-state index contributed by atoms with van der Waals surface area (Å²) >= 11 is 0. The first-order chi connectivity index (χ1) is 17.8. The SMILES string of the molecule is COc1ccc(S(=O)(=O)Nc2ccccc2C(=O)N[C@H](C)c2ccccc2)cc1C(=O)N1CCOCC1. The third-order valence-corrected chi connectivity index (χ3v) is 7.44. The zero-order valence-corrected chi connectivity index (χ0v) is 21.5. The smallest absolute Gasteiger partial charge is 0.261 e. The molecule has 194 valence electrons. The van der Waals surface area contributed by atoms with Gasteiger partial charge in [-0.3, -0.25) is 14.3 Å². The highest BCUT2D eigenvalue weighted by Gasteiger charge is 2.26. The van der Waals surface area contributed by atoms with Gasteiger partial charge in [0.1, 0.15) is 5.75 Å². The van der Waals surface area contributed by atoms with E-state index in [1.165, 1.54) is 31.4 Å². The number of rotatable bonds is 8. The Morgan fingerprint density at radius 2 is 1.62 bits per heavy atom. The topological polar surface area (TPSA) is 114 Å². The van der Waals surface area contributed by atoms with Crippen LogP contribution in [-0.4, -0.2) is 58.5 Å². The summed E-state index contributed by atoms with van der Waals surface area (Å²) < 4.78 is 39.8. The third-order valence-electron chi connectivity index (χ3n) is 6.07. The van der Waals surface area contributed by atoms with Crippen LogP contribution in [0, 0.1) is 0 Å². The molecule has 1 atom stereocenters. The number of nitrogens with one attached hydrogen (secondary N) is 2. The minimum absolute atomic E-state index is 0.122. The lowest BCUT2D eigenvalue weighted by Gasteiger charge is -2.27. The molecule has 1 aliphatic rings. The number of anilines is 1. The Balaban J connectivity index is 1.58. The van der Waals surface area contributed by atoms with E-state index in [1.54, 1.807) is 23.1 Å². The van der Waals surface area contributed by atoms with Crippen LogP contribution in [-0.2, 0) is 14.8 Å². The molecule has 3 aromatic carbocycles. The number of hydrogen-bond acceptors (Lipinski definition) is 6. The molecule has 10 heteroatoms. The molecule has 1 aliphatic heterocycles. The van der Waals surface area contributed by atoms with Crippen LogP contribution in [0.25, 0.3) is 0 Å². The number of para-hydroxylation sites is 1. The van der Waals surface area contributed by atoms with E-state index in [0.29, 0.717) is 26.3 Å². The van der Waals surface area contributed by atoms with E-state index in [4.69, 9.17) is 9.47 Å². The van der Waals surface area contributed by atoms with Gasteiger partial charge in [0, 0.05) is 13.1 Å². The van der Waals surface area contributed by atoms with E-state index < -0.39 is 15.9 Å². The molecule has 2 N–H and O–H groups in total. The monoisotopic (exact) mass is 523 g/mol. The fraction of sp³-hybridized carbons (Fsp3) is 0.259. The molecular weight excluding hydrogens is 494 g/mol. The molecule has 4 rings (SSSR count). The molecule has 3 aromatic rings. The summed E-state index contributed by atoms with van der Waals surface area (Å²) in [5.74, 6) is -0.496. The predicted molar refractivity (Wildman–Crippen MR) is 139 cm³/mol. The number of sulfonamides is 1. The van der Waals surface area contributed by atoms with Crippen molar-refractivity contribution in [2.24, 2.45) is 0 Å². The van der Waals surface area contributed by atoms with Crippen molar-refractivity contribution in [2.75, 3.05) is 38.1 Å². The summed E-state index contributed by atoms with van der Waals surface area (Å²) in [5, 5.41) is 2.90. The molecule has 1 fully saturated rings.